The van der Waals surface area contributed by atoms with Crippen molar-refractivity contribution in [1.29, 1.82) is 0 Å². The van der Waals surface area contributed by atoms with Crippen molar-refractivity contribution in [3.05, 3.63) is 23.9 Å². The Morgan fingerprint density at radius 2 is 1.95 bits per heavy atom. The Hall–Kier alpha value is -1.09. The van der Waals surface area contributed by atoms with Gasteiger partial charge in [-0.25, -0.2) is 4.98 Å². The normalized spacial score (nSPS) is 27.4. The average molecular weight is 275 g/mol. The van der Waals surface area contributed by atoms with Crippen LogP contribution in [0.4, 0.5) is 5.82 Å². The topological polar surface area (TPSA) is 50.9 Å². The Kier molecular flexibility index (Phi) is 4.38. The van der Waals surface area contributed by atoms with E-state index in [-0.39, 0.29) is 11.0 Å². The second-order valence-electron chi connectivity index (χ2n) is 7.47. The number of hydrogen-bond donors (Lipinski definition) is 2. The summed E-state index contributed by atoms with van der Waals surface area (Å²) in [4.78, 5) is 4.58. The number of hydrogen-bond acceptors (Lipinski definition) is 3. The molecule has 20 heavy (non-hydrogen) atoms. The molecular weight excluding hydrogens is 246 g/mol. The molecule has 3 N–H and O–H groups in total. The van der Waals surface area contributed by atoms with Crippen molar-refractivity contribution < 1.29 is 0 Å². The van der Waals surface area contributed by atoms with E-state index in [1.165, 1.54) is 18.4 Å². The molecule has 2 rings (SSSR count). The van der Waals surface area contributed by atoms with Crippen LogP contribution in [0, 0.1) is 5.92 Å². The third-order valence-corrected chi connectivity index (χ3v) is 4.64. The second kappa shape index (κ2) is 5.72. The molecule has 0 aliphatic heterocycles. The van der Waals surface area contributed by atoms with Crippen LogP contribution in [0.5, 0.6) is 0 Å². The smallest absolute Gasteiger partial charge is 0.126 e. The van der Waals surface area contributed by atoms with Gasteiger partial charge in [0.15, 0.2) is 0 Å². The van der Waals surface area contributed by atoms with E-state index in [0.29, 0.717) is 6.54 Å². The zero-order valence-electron chi connectivity index (χ0n) is 13.4. The van der Waals surface area contributed by atoms with Gasteiger partial charge in [0.05, 0.1) is 5.54 Å². The lowest BCUT2D eigenvalue weighted by Crippen LogP contribution is -2.48. The van der Waals surface area contributed by atoms with Crippen LogP contribution < -0.4 is 11.1 Å². The van der Waals surface area contributed by atoms with Gasteiger partial charge in [-0.05, 0) is 48.6 Å². The van der Waals surface area contributed by atoms with Gasteiger partial charge in [-0.15, -0.1) is 0 Å². The quantitative estimate of drug-likeness (QED) is 0.884. The lowest BCUT2D eigenvalue weighted by atomic mass is 9.77. The van der Waals surface area contributed by atoms with Crippen molar-refractivity contribution in [1.82, 2.24) is 4.98 Å². The van der Waals surface area contributed by atoms with E-state index >= 15 is 0 Å². The number of nitrogens with one attached hydrogen (secondary N) is 1. The molecule has 0 unspecified atom stereocenters. The van der Waals surface area contributed by atoms with Crippen LogP contribution in [-0.4, -0.2) is 17.1 Å². The summed E-state index contributed by atoms with van der Waals surface area (Å²) in [5, 5.41) is 3.61. The maximum atomic E-state index is 6.04. The van der Waals surface area contributed by atoms with Crippen LogP contribution in [-0.2, 0) is 5.41 Å². The zero-order chi connectivity index (χ0) is 14.8. The van der Waals surface area contributed by atoms with Crippen LogP contribution in [0.15, 0.2) is 18.3 Å². The van der Waals surface area contributed by atoms with Crippen molar-refractivity contribution in [3.63, 3.8) is 0 Å². The van der Waals surface area contributed by atoms with Gasteiger partial charge in [0.1, 0.15) is 5.82 Å². The van der Waals surface area contributed by atoms with E-state index in [4.69, 9.17) is 5.73 Å². The molecule has 112 valence electrons. The first-order valence-corrected chi connectivity index (χ1v) is 7.79. The summed E-state index contributed by atoms with van der Waals surface area (Å²) in [5.41, 5.74) is 7.50. The lowest BCUT2D eigenvalue weighted by molar-refractivity contribution is 0.271. The maximum Gasteiger partial charge on any atom is 0.126 e. The van der Waals surface area contributed by atoms with E-state index in [1.807, 2.05) is 6.20 Å². The molecule has 1 aromatic rings. The molecule has 0 aromatic carbocycles. The minimum absolute atomic E-state index is 0.0444. The molecule has 3 nitrogen and oxygen atoms in total. The molecule has 0 bridgehead atoms. The van der Waals surface area contributed by atoms with Gasteiger partial charge in [-0.3, -0.25) is 0 Å². The Labute approximate surface area is 123 Å². The summed E-state index contributed by atoms with van der Waals surface area (Å²) in [5.74, 6) is 1.78. The zero-order valence-corrected chi connectivity index (χ0v) is 13.4. The van der Waals surface area contributed by atoms with E-state index in [9.17, 15) is 0 Å². The third-order valence-electron chi connectivity index (χ3n) is 4.64. The number of aromatic nitrogens is 1. The minimum Gasteiger partial charge on any atom is -0.363 e. The van der Waals surface area contributed by atoms with Crippen LogP contribution in [0.2, 0.25) is 0 Å². The summed E-state index contributed by atoms with van der Waals surface area (Å²) in [6, 6.07) is 4.26. The Morgan fingerprint density at radius 1 is 1.30 bits per heavy atom. The van der Waals surface area contributed by atoms with E-state index in [0.717, 1.165) is 24.6 Å². The van der Waals surface area contributed by atoms with Gasteiger partial charge < -0.3 is 11.1 Å². The maximum absolute atomic E-state index is 6.04. The number of rotatable bonds is 3. The predicted octanol–water partition coefficient (Wildman–Crippen LogP) is 3.70. The van der Waals surface area contributed by atoms with Gasteiger partial charge in [-0.2, -0.15) is 0 Å². The summed E-state index contributed by atoms with van der Waals surface area (Å²) in [6.45, 7) is 9.64. The van der Waals surface area contributed by atoms with Gasteiger partial charge in [0.25, 0.3) is 0 Å². The van der Waals surface area contributed by atoms with Crippen molar-refractivity contribution in [3.8, 4) is 0 Å². The highest BCUT2D eigenvalue weighted by Gasteiger charge is 2.33. The summed E-state index contributed by atoms with van der Waals surface area (Å²) in [7, 11) is 0. The molecule has 1 saturated carbocycles. The van der Waals surface area contributed by atoms with Crippen LogP contribution in [0.1, 0.15) is 58.9 Å². The fourth-order valence-corrected chi connectivity index (χ4v) is 2.88. The lowest BCUT2D eigenvalue weighted by Gasteiger charge is -2.39. The van der Waals surface area contributed by atoms with E-state index < -0.39 is 0 Å². The Balaban J connectivity index is 2.08. The number of nitrogens with two attached hydrogens (primary N) is 1. The van der Waals surface area contributed by atoms with Crippen molar-refractivity contribution in [2.45, 2.75) is 64.3 Å². The van der Waals surface area contributed by atoms with E-state index in [1.54, 1.807) is 0 Å². The van der Waals surface area contributed by atoms with Gasteiger partial charge >= 0.3 is 0 Å². The van der Waals surface area contributed by atoms with Gasteiger partial charge in [0.2, 0.25) is 0 Å². The monoisotopic (exact) mass is 275 g/mol. The third kappa shape index (κ3) is 3.51. The molecule has 0 atom stereocenters. The Bertz CT molecular complexity index is 423. The van der Waals surface area contributed by atoms with Crippen LogP contribution in [0.3, 0.4) is 0 Å². The van der Waals surface area contributed by atoms with E-state index in [2.05, 4.69) is 50.1 Å². The van der Waals surface area contributed by atoms with Crippen LogP contribution >= 0.6 is 0 Å². The van der Waals surface area contributed by atoms with Crippen molar-refractivity contribution in [2.75, 3.05) is 11.9 Å². The minimum atomic E-state index is 0.0444. The molecule has 1 aliphatic rings. The highest BCUT2D eigenvalue weighted by Crippen LogP contribution is 2.33. The number of nitrogens with zero attached hydrogens (tertiary/aromatic N) is 1. The Morgan fingerprint density at radius 3 is 2.40 bits per heavy atom. The molecule has 0 radical (unpaired) electrons. The molecule has 1 heterocycles. The highest BCUT2D eigenvalue weighted by atomic mass is 15.1. The molecule has 0 saturated heterocycles. The molecule has 0 amide bonds. The molecule has 1 aliphatic carbocycles. The SMILES string of the molecule is CC1CCC(CN)(Nc2ccc(C(C)(C)C)cn2)CC1. The molecule has 1 fully saturated rings. The summed E-state index contributed by atoms with van der Waals surface area (Å²) < 4.78 is 0. The molecular formula is C17H29N3. The number of pyridine rings is 1. The standard InChI is InChI=1S/C17H29N3/c1-13-7-9-17(12-18,10-8-13)20-15-6-5-14(11-19-15)16(2,3)4/h5-6,11,13H,7-10,12,18H2,1-4H3,(H,19,20). The fourth-order valence-electron chi connectivity index (χ4n) is 2.88. The average Bonchev–Trinajstić information content (AvgIpc) is 2.41. The van der Waals surface area contributed by atoms with Crippen molar-refractivity contribution >= 4 is 5.82 Å². The van der Waals surface area contributed by atoms with Crippen molar-refractivity contribution in [2.24, 2.45) is 11.7 Å². The number of anilines is 1. The first-order valence-electron chi connectivity index (χ1n) is 7.79. The molecule has 0 spiro atoms. The largest absolute Gasteiger partial charge is 0.363 e. The molecule has 3 heteroatoms. The predicted molar refractivity (Wildman–Crippen MR) is 86.0 cm³/mol. The van der Waals surface area contributed by atoms with Gasteiger partial charge in [-0.1, -0.05) is 33.8 Å². The van der Waals surface area contributed by atoms with Gasteiger partial charge in [0, 0.05) is 12.7 Å². The van der Waals surface area contributed by atoms with Crippen LogP contribution in [0.25, 0.3) is 0 Å². The first kappa shape index (κ1) is 15.3. The summed E-state index contributed by atoms with van der Waals surface area (Å²) in [6.07, 6.45) is 6.79. The first-order chi connectivity index (χ1) is 9.35. The highest BCUT2D eigenvalue weighted by molar-refractivity contribution is 5.40. The fraction of sp³-hybridized carbons (Fsp3) is 0.706. The summed E-state index contributed by atoms with van der Waals surface area (Å²) >= 11 is 0. The molecule has 1 aromatic heterocycles. The second-order valence-corrected chi connectivity index (χ2v) is 7.47.